The van der Waals surface area contributed by atoms with Crippen LogP contribution in [0.25, 0.3) is 5.69 Å². The fraction of sp³-hybridized carbons (Fsp3) is 0.375. The van der Waals surface area contributed by atoms with Crippen LogP contribution in [-0.4, -0.2) is 42.9 Å². The van der Waals surface area contributed by atoms with Crippen molar-refractivity contribution >= 4 is 29.3 Å². The summed E-state index contributed by atoms with van der Waals surface area (Å²) in [6.45, 7) is 10.2. The Morgan fingerprint density at radius 2 is 1.62 bits per heavy atom. The first kappa shape index (κ1) is 24.1. The zero-order valence-corrected chi connectivity index (χ0v) is 20.6. The van der Waals surface area contributed by atoms with Gasteiger partial charge in [0.1, 0.15) is 12.4 Å². The second-order valence-electron chi connectivity index (χ2n) is 7.98. The summed E-state index contributed by atoms with van der Waals surface area (Å²) >= 11 is 7.62. The van der Waals surface area contributed by atoms with Crippen molar-refractivity contribution in [2.45, 2.75) is 63.7 Å². The molecule has 0 radical (unpaired) electrons. The summed E-state index contributed by atoms with van der Waals surface area (Å²) < 4.78 is 7.84. The van der Waals surface area contributed by atoms with Gasteiger partial charge >= 0.3 is 0 Å². The van der Waals surface area contributed by atoms with Crippen molar-refractivity contribution in [2.75, 3.05) is 0 Å². The summed E-state index contributed by atoms with van der Waals surface area (Å²) in [6, 6.07) is 17.4. The SMILES string of the molecule is CC(Sc1nnc(COc2ccccc2Cl)n1-c1ccccc1)C(=O)N(C(C)C)C(C)C. The number of aromatic nitrogens is 3. The summed E-state index contributed by atoms with van der Waals surface area (Å²) in [5.41, 5.74) is 0.905. The third-order valence-electron chi connectivity index (χ3n) is 4.91. The first-order chi connectivity index (χ1) is 15.3. The maximum absolute atomic E-state index is 13.1. The lowest BCUT2D eigenvalue weighted by Gasteiger charge is -2.32. The fourth-order valence-electron chi connectivity index (χ4n) is 3.53. The highest BCUT2D eigenvalue weighted by Gasteiger charge is 2.28. The molecule has 1 atom stereocenters. The van der Waals surface area contributed by atoms with Crippen LogP contribution >= 0.6 is 23.4 Å². The van der Waals surface area contributed by atoms with Crippen LogP contribution in [-0.2, 0) is 11.4 Å². The Hall–Kier alpha value is -2.51. The van der Waals surface area contributed by atoms with Crippen molar-refractivity contribution in [3.63, 3.8) is 0 Å². The summed E-state index contributed by atoms with van der Waals surface area (Å²) in [7, 11) is 0. The van der Waals surface area contributed by atoms with Crippen molar-refractivity contribution < 1.29 is 9.53 Å². The molecule has 0 bridgehead atoms. The Morgan fingerprint density at radius 1 is 1.00 bits per heavy atom. The first-order valence-electron chi connectivity index (χ1n) is 10.7. The van der Waals surface area contributed by atoms with Crippen LogP contribution in [0.4, 0.5) is 0 Å². The number of rotatable bonds is 9. The van der Waals surface area contributed by atoms with E-state index in [4.69, 9.17) is 16.3 Å². The molecule has 0 aliphatic carbocycles. The van der Waals surface area contributed by atoms with Gasteiger partial charge in [-0.2, -0.15) is 0 Å². The number of ether oxygens (including phenoxy) is 1. The van der Waals surface area contributed by atoms with Gasteiger partial charge < -0.3 is 9.64 Å². The number of carbonyl (C=O) groups excluding carboxylic acids is 1. The van der Waals surface area contributed by atoms with Gasteiger partial charge in [0.05, 0.1) is 10.3 Å². The van der Waals surface area contributed by atoms with Gasteiger partial charge in [-0.05, 0) is 58.9 Å². The number of benzene rings is 2. The molecule has 8 heteroatoms. The minimum Gasteiger partial charge on any atom is -0.484 e. The summed E-state index contributed by atoms with van der Waals surface area (Å²) in [5.74, 6) is 1.29. The third-order valence-corrected chi connectivity index (χ3v) is 6.25. The number of hydrogen-bond donors (Lipinski definition) is 0. The minimum absolute atomic E-state index is 0.0801. The molecule has 3 rings (SSSR count). The Bertz CT molecular complexity index is 1030. The molecular formula is C24H29ClN4O2S. The van der Waals surface area contributed by atoms with Gasteiger partial charge in [-0.3, -0.25) is 9.36 Å². The Morgan fingerprint density at radius 3 is 2.25 bits per heavy atom. The molecule has 1 heterocycles. The largest absolute Gasteiger partial charge is 0.484 e. The highest BCUT2D eigenvalue weighted by atomic mass is 35.5. The van der Waals surface area contributed by atoms with Crippen LogP contribution in [0.2, 0.25) is 5.02 Å². The predicted octanol–water partition coefficient (Wildman–Crippen LogP) is 5.63. The monoisotopic (exact) mass is 472 g/mol. The van der Waals surface area contributed by atoms with Gasteiger partial charge in [-0.1, -0.05) is 53.7 Å². The molecule has 32 heavy (non-hydrogen) atoms. The Labute approximate surface area is 198 Å². The molecule has 1 amide bonds. The van der Waals surface area contributed by atoms with Crippen molar-refractivity contribution in [3.05, 3.63) is 65.4 Å². The number of hydrogen-bond acceptors (Lipinski definition) is 5. The van der Waals surface area contributed by atoms with E-state index in [0.29, 0.717) is 21.8 Å². The third kappa shape index (κ3) is 5.64. The summed E-state index contributed by atoms with van der Waals surface area (Å²) in [4.78, 5) is 15.0. The summed E-state index contributed by atoms with van der Waals surface area (Å²) in [5, 5.41) is 9.62. The van der Waals surface area contributed by atoms with Gasteiger partial charge in [0.15, 0.2) is 11.0 Å². The van der Waals surface area contributed by atoms with E-state index < -0.39 is 0 Å². The molecule has 0 saturated heterocycles. The van der Waals surface area contributed by atoms with E-state index in [9.17, 15) is 4.79 Å². The smallest absolute Gasteiger partial charge is 0.236 e. The quantitative estimate of drug-likeness (QED) is 0.378. The zero-order chi connectivity index (χ0) is 23.3. The zero-order valence-electron chi connectivity index (χ0n) is 19.0. The van der Waals surface area contributed by atoms with Crippen molar-refractivity contribution in [1.29, 1.82) is 0 Å². The molecule has 2 aromatic carbocycles. The second-order valence-corrected chi connectivity index (χ2v) is 9.70. The van der Waals surface area contributed by atoms with Crippen LogP contribution in [0, 0.1) is 0 Å². The Balaban J connectivity index is 1.88. The molecule has 0 saturated carbocycles. The Kier molecular flexibility index (Phi) is 8.21. The van der Waals surface area contributed by atoms with Gasteiger partial charge in [0.25, 0.3) is 0 Å². The average Bonchev–Trinajstić information content (AvgIpc) is 3.15. The van der Waals surface area contributed by atoms with Gasteiger partial charge in [0, 0.05) is 17.8 Å². The predicted molar refractivity (Wildman–Crippen MR) is 130 cm³/mol. The van der Waals surface area contributed by atoms with Gasteiger partial charge in [-0.25, -0.2) is 0 Å². The normalized spacial score (nSPS) is 12.2. The van der Waals surface area contributed by atoms with Crippen LogP contribution in [0.5, 0.6) is 5.75 Å². The highest BCUT2D eigenvalue weighted by molar-refractivity contribution is 8.00. The number of thioether (sulfide) groups is 1. The minimum atomic E-state index is -0.316. The van der Waals surface area contributed by atoms with E-state index >= 15 is 0 Å². The molecule has 0 spiro atoms. The maximum Gasteiger partial charge on any atom is 0.236 e. The van der Waals surface area contributed by atoms with Crippen molar-refractivity contribution in [3.8, 4) is 11.4 Å². The van der Waals surface area contributed by atoms with Crippen molar-refractivity contribution in [2.24, 2.45) is 0 Å². The van der Waals surface area contributed by atoms with Gasteiger partial charge in [-0.15, -0.1) is 10.2 Å². The van der Waals surface area contributed by atoms with Crippen LogP contribution in [0.15, 0.2) is 59.8 Å². The standard InChI is InChI=1S/C24H29ClN4O2S/c1-16(2)28(17(3)4)23(30)18(5)32-24-27-26-22(29(24)19-11-7-6-8-12-19)15-31-21-14-10-9-13-20(21)25/h6-14,16-18H,15H2,1-5H3. The number of halogens is 1. The van der Waals surface area contributed by atoms with Crippen molar-refractivity contribution in [1.82, 2.24) is 19.7 Å². The van der Waals surface area contributed by atoms with Gasteiger partial charge in [0.2, 0.25) is 5.91 Å². The molecular weight excluding hydrogens is 444 g/mol. The fourth-order valence-corrected chi connectivity index (χ4v) is 4.67. The molecule has 0 N–H and O–H groups in total. The molecule has 6 nitrogen and oxygen atoms in total. The number of carbonyl (C=O) groups is 1. The van der Waals surface area contributed by atoms with Crippen LogP contribution in [0.3, 0.4) is 0 Å². The number of nitrogens with zero attached hydrogens (tertiary/aromatic N) is 4. The molecule has 1 aromatic heterocycles. The molecule has 170 valence electrons. The lowest BCUT2D eigenvalue weighted by molar-refractivity contribution is -0.133. The lowest BCUT2D eigenvalue weighted by Crippen LogP contribution is -2.45. The molecule has 1 unspecified atom stereocenters. The lowest BCUT2D eigenvalue weighted by atomic mass is 10.2. The molecule has 0 fully saturated rings. The number of para-hydroxylation sites is 2. The molecule has 3 aromatic rings. The van der Waals surface area contributed by atoms with E-state index in [1.807, 2.05) is 92.6 Å². The second kappa shape index (κ2) is 10.9. The topological polar surface area (TPSA) is 60.3 Å². The van der Waals surface area contributed by atoms with E-state index in [-0.39, 0.29) is 29.8 Å². The molecule has 0 aliphatic heterocycles. The first-order valence-corrected chi connectivity index (χ1v) is 11.9. The van der Waals surface area contributed by atoms with E-state index in [1.54, 1.807) is 6.07 Å². The van der Waals surface area contributed by atoms with E-state index in [2.05, 4.69) is 10.2 Å². The number of amides is 1. The summed E-state index contributed by atoms with van der Waals surface area (Å²) in [6.07, 6.45) is 0. The molecule has 0 aliphatic rings. The highest BCUT2D eigenvalue weighted by Crippen LogP contribution is 2.29. The van der Waals surface area contributed by atoms with Crippen LogP contribution < -0.4 is 4.74 Å². The van der Waals surface area contributed by atoms with Crippen LogP contribution in [0.1, 0.15) is 40.4 Å². The van der Waals surface area contributed by atoms with E-state index in [0.717, 1.165) is 5.69 Å². The average molecular weight is 473 g/mol. The van der Waals surface area contributed by atoms with E-state index in [1.165, 1.54) is 11.8 Å². The maximum atomic E-state index is 13.1.